The predicted octanol–water partition coefficient (Wildman–Crippen LogP) is 5.73. The molecule has 2 nitrogen and oxygen atoms in total. The quantitative estimate of drug-likeness (QED) is 0.320. The molecule has 0 fully saturated rings. The molecule has 27 heavy (non-hydrogen) atoms. The minimum absolute atomic E-state index is 0.0134. The molecule has 3 aromatic carbocycles. The molecule has 0 aliphatic rings. The largest absolute Gasteiger partial charge is 0.378 e. The Morgan fingerprint density at radius 1 is 0.741 bits per heavy atom. The van der Waals surface area contributed by atoms with Crippen LogP contribution in [0.1, 0.15) is 21.5 Å². The van der Waals surface area contributed by atoms with E-state index in [1.807, 2.05) is 105 Å². The zero-order valence-corrected chi connectivity index (χ0v) is 15.7. The van der Waals surface area contributed by atoms with Crippen molar-refractivity contribution in [3.05, 3.63) is 113 Å². The highest BCUT2D eigenvalue weighted by atomic mass is 16.1. The molecule has 2 heteroatoms. The Morgan fingerprint density at radius 2 is 1.33 bits per heavy atom. The number of hydrogen-bond donors (Lipinski definition) is 0. The Hall–Kier alpha value is -3.39. The zero-order chi connectivity index (χ0) is 19.1. The lowest BCUT2D eigenvalue weighted by Gasteiger charge is -2.12. The van der Waals surface area contributed by atoms with E-state index >= 15 is 0 Å². The second kappa shape index (κ2) is 8.81. The van der Waals surface area contributed by atoms with Crippen LogP contribution in [0.3, 0.4) is 0 Å². The molecule has 0 aliphatic carbocycles. The first-order valence-corrected chi connectivity index (χ1v) is 8.95. The van der Waals surface area contributed by atoms with Gasteiger partial charge in [0.2, 0.25) is 0 Å². The van der Waals surface area contributed by atoms with Gasteiger partial charge in [0.1, 0.15) is 0 Å². The number of hydrogen-bond acceptors (Lipinski definition) is 2. The molecular formula is C25H23NO. The minimum atomic E-state index is 0.0134. The molecule has 0 atom stereocenters. The smallest absolute Gasteiger partial charge is 0.193 e. The second-order valence-electron chi connectivity index (χ2n) is 6.52. The predicted molar refractivity (Wildman–Crippen MR) is 115 cm³/mol. The van der Waals surface area contributed by atoms with Crippen LogP contribution in [0.4, 0.5) is 5.69 Å². The fraction of sp³-hybridized carbons (Fsp3) is 0.0800. The summed E-state index contributed by atoms with van der Waals surface area (Å²) < 4.78 is 0. The van der Waals surface area contributed by atoms with Crippen LogP contribution < -0.4 is 4.90 Å². The third-order valence-corrected chi connectivity index (χ3v) is 4.28. The maximum atomic E-state index is 13.0. The van der Waals surface area contributed by atoms with Crippen molar-refractivity contribution in [2.75, 3.05) is 19.0 Å². The monoisotopic (exact) mass is 353 g/mol. The Labute approximate surface area is 161 Å². The average molecular weight is 353 g/mol. The topological polar surface area (TPSA) is 20.3 Å². The number of Topliss-reactive ketones (excluding diaryl/α,β-unsaturated/α-hetero) is 1. The van der Waals surface area contributed by atoms with E-state index in [1.165, 1.54) is 0 Å². The lowest BCUT2D eigenvalue weighted by atomic mass is 9.99. The van der Waals surface area contributed by atoms with E-state index in [0.29, 0.717) is 11.1 Å². The number of allylic oxidation sites excluding steroid dienone is 2. The Balaban J connectivity index is 1.96. The molecule has 0 radical (unpaired) electrons. The molecule has 0 N–H and O–H groups in total. The first kappa shape index (κ1) is 18.4. The van der Waals surface area contributed by atoms with Crippen molar-refractivity contribution in [3.8, 4) is 0 Å². The van der Waals surface area contributed by atoms with Gasteiger partial charge < -0.3 is 4.90 Å². The molecule has 3 rings (SSSR count). The van der Waals surface area contributed by atoms with Crippen LogP contribution in [0, 0.1) is 0 Å². The molecule has 134 valence electrons. The Bertz CT molecular complexity index is 937. The lowest BCUT2D eigenvalue weighted by Crippen LogP contribution is -2.08. The third kappa shape index (κ3) is 5.05. The summed E-state index contributed by atoms with van der Waals surface area (Å²) in [6.45, 7) is 0. The van der Waals surface area contributed by atoms with Crippen molar-refractivity contribution in [3.63, 3.8) is 0 Å². The summed E-state index contributed by atoms with van der Waals surface area (Å²) >= 11 is 0. The fourth-order valence-corrected chi connectivity index (χ4v) is 2.74. The van der Waals surface area contributed by atoms with E-state index in [4.69, 9.17) is 0 Å². The van der Waals surface area contributed by atoms with E-state index in [9.17, 15) is 4.79 Å². The van der Waals surface area contributed by atoms with Gasteiger partial charge >= 0.3 is 0 Å². The van der Waals surface area contributed by atoms with Crippen LogP contribution in [0.15, 0.2) is 96.6 Å². The van der Waals surface area contributed by atoms with Gasteiger partial charge in [-0.1, -0.05) is 84.9 Å². The van der Waals surface area contributed by atoms with Gasteiger partial charge in [0, 0.05) is 30.9 Å². The van der Waals surface area contributed by atoms with Crippen LogP contribution in [0.2, 0.25) is 0 Å². The van der Waals surface area contributed by atoms with Crippen molar-refractivity contribution in [2.45, 2.75) is 0 Å². The molecule has 0 saturated carbocycles. The van der Waals surface area contributed by atoms with Gasteiger partial charge in [-0.05, 0) is 29.3 Å². The van der Waals surface area contributed by atoms with E-state index < -0.39 is 0 Å². The van der Waals surface area contributed by atoms with Crippen molar-refractivity contribution < 1.29 is 4.79 Å². The summed E-state index contributed by atoms with van der Waals surface area (Å²) in [6.07, 6.45) is 5.81. The van der Waals surface area contributed by atoms with Crippen molar-refractivity contribution in [2.24, 2.45) is 0 Å². The van der Waals surface area contributed by atoms with Crippen LogP contribution in [-0.2, 0) is 0 Å². The number of carbonyl (C=O) groups excluding carboxylic acids is 1. The van der Waals surface area contributed by atoms with Crippen LogP contribution in [0.25, 0.3) is 12.2 Å². The Kier molecular flexibility index (Phi) is 6.01. The summed E-state index contributed by atoms with van der Waals surface area (Å²) in [6, 6.07) is 27.6. The van der Waals surface area contributed by atoms with E-state index in [-0.39, 0.29) is 5.78 Å². The number of carbonyl (C=O) groups is 1. The van der Waals surface area contributed by atoms with E-state index in [2.05, 4.69) is 17.0 Å². The molecule has 0 aliphatic heterocycles. The van der Waals surface area contributed by atoms with E-state index in [0.717, 1.165) is 16.8 Å². The first-order chi connectivity index (χ1) is 13.1. The molecule has 0 unspecified atom stereocenters. The maximum absolute atomic E-state index is 13.0. The second-order valence-corrected chi connectivity index (χ2v) is 6.52. The normalized spacial score (nSPS) is 11.6. The molecule has 0 bridgehead atoms. The molecule has 0 saturated heterocycles. The highest BCUT2D eigenvalue weighted by Gasteiger charge is 2.09. The molecule has 0 amide bonds. The average Bonchev–Trinajstić information content (AvgIpc) is 2.72. The maximum Gasteiger partial charge on any atom is 0.193 e. The molecule has 0 spiro atoms. The van der Waals surface area contributed by atoms with Crippen LogP contribution in [-0.4, -0.2) is 19.9 Å². The molecule has 0 heterocycles. The first-order valence-electron chi connectivity index (χ1n) is 8.95. The van der Waals surface area contributed by atoms with Gasteiger partial charge in [-0.2, -0.15) is 0 Å². The molecular weight excluding hydrogens is 330 g/mol. The summed E-state index contributed by atoms with van der Waals surface area (Å²) in [7, 11) is 4.02. The van der Waals surface area contributed by atoms with E-state index in [1.54, 1.807) is 0 Å². The zero-order valence-electron chi connectivity index (χ0n) is 15.7. The Morgan fingerprint density at radius 3 is 1.93 bits per heavy atom. The summed E-state index contributed by atoms with van der Waals surface area (Å²) in [5.41, 5.74) is 4.53. The van der Waals surface area contributed by atoms with Gasteiger partial charge in [0.05, 0.1) is 0 Å². The molecule has 3 aromatic rings. The van der Waals surface area contributed by atoms with Crippen LogP contribution >= 0.6 is 0 Å². The van der Waals surface area contributed by atoms with Gasteiger partial charge in [0.25, 0.3) is 0 Å². The molecule has 0 aromatic heterocycles. The number of nitrogens with zero attached hydrogens (tertiary/aromatic N) is 1. The van der Waals surface area contributed by atoms with Crippen molar-refractivity contribution in [1.29, 1.82) is 0 Å². The number of anilines is 1. The SMILES string of the molecule is CN(C)c1ccc(C=C(/C=C/c2ccccc2)C(=O)c2ccccc2)cc1. The standard InChI is InChI=1S/C25H23NO/c1-26(2)24-17-14-21(15-18-24)19-23(16-13-20-9-5-3-6-10-20)25(27)22-11-7-4-8-12-22/h3-19H,1-2H3/b16-13+,23-19?. The fourth-order valence-electron chi connectivity index (χ4n) is 2.74. The lowest BCUT2D eigenvalue weighted by molar-refractivity contribution is 0.103. The van der Waals surface area contributed by atoms with Crippen molar-refractivity contribution in [1.82, 2.24) is 0 Å². The van der Waals surface area contributed by atoms with Gasteiger partial charge in [-0.3, -0.25) is 4.79 Å². The summed E-state index contributed by atoms with van der Waals surface area (Å²) in [5, 5.41) is 0. The van der Waals surface area contributed by atoms with Gasteiger partial charge in [-0.15, -0.1) is 0 Å². The number of benzene rings is 3. The number of ketones is 1. The summed E-state index contributed by atoms with van der Waals surface area (Å²) in [4.78, 5) is 15.1. The van der Waals surface area contributed by atoms with Gasteiger partial charge in [-0.25, -0.2) is 0 Å². The van der Waals surface area contributed by atoms with Crippen molar-refractivity contribution >= 4 is 23.6 Å². The highest BCUT2D eigenvalue weighted by molar-refractivity contribution is 6.13. The van der Waals surface area contributed by atoms with Gasteiger partial charge in [0.15, 0.2) is 5.78 Å². The summed E-state index contributed by atoms with van der Waals surface area (Å²) in [5.74, 6) is 0.0134. The number of rotatable bonds is 6. The van der Waals surface area contributed by atoms with Crippen LogP contribution in [0.5, 0.6) is 0 Å². The third-order valence-electron chi connectivity index (χ3n) is 4.28. The minimum Gasteiger partial charge on any atom is -0.378 e. The highest BCUT2D eigenvalue weighted by Crippen LogP contribution is 2.18.